The van der Waals surface area contributed by atoms with E-state index in [2.05, 4.69) is 44.7 Å². The number of rotatable bonds is 3. The van der Waals surface area contributed by atoms with Crippen molar-refractivity contribution in [3.8, 4) is 0 Å². The van der Waals surface area contributed by atoms with Gasteiger partial charge in [0.25, 0.3) is 0 Å². The van der Waals surface area contributed by atoms with Gasteiger partial charge in [-0.15, -0.1) is 0 Å². The maximum atomic E-state index is 9.26. The van der Waals surface area contributed by atoms with Gasteiger partial charge in [0.15, 0.2) is 0 Å². The van der Waals surface area contributed by atoms with Gasteiger partial charge in [-0.2, -0.15) is 0 Å². The van der Waals surface area contributed by atoms with Crippen molar-refractivity contribution in [2.75, 3.05) is 19.8 Å². The van der Waals surface area contributed by atoms with Crippen LogP contribution in [0.3, 0.4) is 0 Å². The zero-order valence-electron chi connectivity index (χ0n) is 12.4. The van der Waals surface area contributed by atoms with E-state index in [1.807, 2.05) is 0 Å². The molecule has 1 saturated heterocycles. The summed E-state index contributed by atoms with van der Waals surface area (Å²) in [5.41, 5.74) is 5.45. The van der Waals surface area contributed by atoms with E-state index >= 15 is 0 Å². The second-order valence-electron chi connectivity index (χ2n) is 5.79. The van der Waals surface area contributed by atoms with Crippen LogP contribution in [0.5, 0.6) is 0 Å². The highest BCUT2D eigenvalue weighted by atomic mass is 16.5. The third-order valence-electron chi connectivity index (χ3n) is 4.04. The predicted molar refractivity (Wildman–Crippen MR) is 77.4 cm³/mol. The molecule has 2 rings (SSSR count). The molecule has 0 aromatic heterocycles. The zero-order chi connectivity index (χ0) is 14.0. The van der Waals surface area contributed by atoms with Gasteiger partial charge in [0.05, 0.1) is 19.3 Å². The van der Waals surface area contributed by atoms with E-state index in [1.165, 1.54) is 22.3 Å². The first-order valence-electron chi connectivity index (χ1n) is 7.04. The molecule has 0 aliphatic carbocycles. The number of aliphatic hydroxyl groups is 1. The highest BCUT2D eigenvalue weighted by Crippen LogP contribution is 2.21. The largest absolute Gasteiger partial charge is 0.394 e. The number of benzene rings is 1. The summed E-state index contributed by atoms with van der Waals surface area (Å²) in [7, 11) is 0. The van der Waals surface area contributed by atoms with Crippen LogP contribution in [0, 0.1) is 20.8 Å². The molecule has 0 saturated carbocycles. The Bertz CT molecular complexity index is 421. The fourth-order valence-corrected chi connectivity index (χ4v) is 2.87. The molecular weight excluding hydrogens is 238 g/mol. The van der Waals surface area contributed by atoms with Crippen molar-refractivity contribution >= 4 is 0 Å². The van der Waals surface area contributed by atoms with E-state index in [9.17, 15) is 5.11 Å². The molecule has 0 amide bonds. The molecule has 0 bridgehead atoms. The van der Waals surface area contributed by atoms with Crippen LogP contribution in [0.15, 0.2) is 12.1 Å². The lowest BCUT2D eigenvalue weighted by atomic mass is 9.98. The molecule has 1 aromatic rings. The molecule has 2 atom stereocenters. The lowest BCUT2D eigenvalue weighted by Gasteiger charge is -2.38. The van der Waals surface area contributed by atoms with Crippen LogP contribution >= 0.6 is 0 Å². The normalized spacial score (nSPS) is 24.7. The Kier molecular flexibility index (Phi) is 4.61. The van der Waals surface area contributed by atoms with E-state index in [-0.39, 0.29) is 12.7 Å². The minimum atomic E-state index is -0.0396. The third kappa shape index (κ3) is 3.35. The summed E-state index contributed by atoms with van der Waals surface area (Å²) in [5.74, 6) is 0. The van der Waals surface area contributed by atoms with E-state index in [0.717, 1.165) is 13.1 Å². The smallest absolute Gasteiger partial charge is 0.0933 e. The van der Waals surface area contributed by atoms with Gasteiger partial charge in [0.1, 0.15) is 0 Å². The second kappa shape index (κ2) is 6.04. The molecule has 3 nitrogen and oxygen atoms in total. The minimum absolute atomic E-state index is 0.0396. The Morgan fingerprint density at radius 2 is 1.89 bits per heavy atom. The summed E-state index contributed by atoms with van der Waals surface area (Å²) < 4.78 is 5.60. The zero-order valence-corrected chi connectivity index (χ0v) is 12.4. The quantitative estimate of drug-likeness (QED) is 0.907. The number of hydrogen-bond acceptors (Lipinski definition) is 3. The van der Waals surface area contributed by atoms with Gasteiger partial charge in [-0.25, -0.2) is 0 Å². The van der Waals surface area contributed by atoms with Crippen molar-refractivity contribution in [1.29, 1.82) is 0 Å². The van der Waals surface area contributed by atoms with Gasteiger partial charge in [0.2, 0.25) is 0 Å². The van der Waals surface area contributed by atoms with Crippen LogP contribution in [0.25, 0.3) is 0 Å². The number of aliphatic hydroxyl groups excluding tert-OH is 1. The molecule has 1 heterocycles. The Morgan fingerprint density at radius 3 is 2.47 bits per heavy atom. The second-order valence-corrected chi connectivity index (χ2v) is 5.79. The molecule has 1 aliphatic rings. The summed E-state index contributed by atoms with van der Waals surface area (Å²) in [6, 6.07) is 4.90. The van der Waals surface area contributed by atoms with Crippen LogP contribution in [-0.4, -0.2) is 41.9 Å². The van der Waals surface area contributed by atoms with Crippen molar-refractivity contribution in [2.24, 2.45) is 0 Å². The molecule has 106 valence electrons. The number of morpholine rings is 1. The summed E-state index contributed by atoms with van der Waals surface area (Å²) in [6.07, 6.45) is -0.0396. The Balaban J connectivity index is 2.15. The van der Waals surface area contributed by atoms with Gasteiger partial charge in [-0.05, 0) is 44.4 Å². The summed E-state index contributed by atoms with van der Waals surface area (Å²) in [6.45, 7) is 11.3. The van der Waals surface area contributed by atoms with Crippen molar-refractivity contribution in [3.63, 3.8) is 0 Å². The van der Waals surface area contributed by atoms with Crippen molar-refractivity contribution in [3.05, 3.63) is 34.4 Å². The first-order chi connectivity index (χ1) is 9.01. The molecule has 0 spiro atoms. The lowest BCUT2D eigenvalue weighted by Crippen LogP contribution is -2.49. The highest BCUT2D eigenvalue weighted by molar-refractivity contribution is 5.37. The maximum Gasteiger partial charge on any atom is 0.0933 e. The van der Waals surface area contributed by atoms with Crippen LogP contribution in [0.4, 0.5) is 0 Å². The summed E-state index contributed by atoms with van der Waals surface area (Å²) >= 11 is 0. The molecule has 1 aliphatic heterocycles. The Hall–Kier alpha value is -0.900. The average Bonchev–Trinajstić information content (AvgIpc) is 2.35. The van der Waals surface area contributed by atoms with E-state index in [0.29, 0.717) is 12.6 Å². The Morgan fingerprint density at radius 1 is 1.26 bits per heavy atom. The fraction of sp³-hybridized carbons (Fsp3) is 0.625. The summed E-state index contributed by atoms with van der Waals surface area (Å²) in [5, 5.41) is 9.26. The third-order valence-corrected chi connectivity index (χ3v) is 4.04. The molecule has 2 unspecified atom stereocenters. The monoisotopic (exact) mass is 263 g/mol. The van der Waals surface area contributed by atoms with E-state index in [1.54, 1.807) is 0 Å². The van der Waals surface area contributed by atoms with E-state index < -0.39 is 0 Å². The topological polar surface area (TPSA) is 32.7 Å². The van der Waals surface area contributed by atoms with Gasteiger partial charge in [-0.1, -0.05) is 17.7 Å². The minimum Gasteiger partial charge on any atom is -0.394 e. The first-order valence-corrected chi connectivity index (χ1v) is 7.04. The van der Waals surface area contributed by atoms with Crippen LogP contribution in [-0.2, 0) is 11.3 Å². The molecule has 1 aromatic carbocycles. The summed E-state index contributed by atoms with van der Waals surface area (Å²) in [4.78, 5) is 2.41. The highest BCUT2D eigenvalue weighted by Gasteiger charge is 2.26. The maximum absolute atomic E-state index is 9.26. The number of ether oxygens (including phenoxy) is 1. The Labute approximate surface area is 116 Å². The van der Waals surface area contributed by atoms with Gasteiger partial charge >= 0.3 is 0 Å². The van der Waals surface area contributed by atoms with Gasteiger partial charge < -0.3 is 9.84 Å². The fourth-order valence-electron chi connectivity index (χ4n) is 2.87. The predicted octanol–water partition coefficient (Wildman–Crippen LogP) is 2.19. The van der Waals surface area contributed by atoms with E-state index in [4.69, 9.17) is 4.74 Å². The van der Waals surface area contributed by atoms with Crippen LogP contribution in [0.1, 0.15) is 29.2 Å². The SMILES string of the molecule is Cc1cc(C)c(CN2CC(CO)OCC2C)c(C)c1. The number of aryl methyl sites for hydroxylation is 3. The van der Waals surface area contributed by atoms with Crippen molar-refractivity contribution < 1.29 is 9.84 Å². The average molecular weight is 263 g/mol. The molecule has 1 N–H and O–H groups in total. The van der Waals surface area contributed by atoms with Crippen molar-refractivity contribution in [2.45, 2.75) is 46.4 Å². The number of nitrogens with zero attached hydrogens (tertiary/aromatic N) is 1. The molecule has 1 fully saturated rings. The molecular formula is C16H25NO2. The lowest BCUT2D eigenvalue weighted by molar-refractivity contribution is -0.0806. The molecule has 3 heteroatoms. The van der Waals surface area contributed by atoms with Crippen molar-refractivity contribution in [1.82, 2.24) is 4.90 Å². The number of hydrogen-bond donors (Lipinski definition) is 1. The van der Waals surface area contributed by atoms with Gasteiger partial charge in [0, 0.05) is 19.1 Å². The molecule has 0 radical (unpaired) electrons. The van der Waals surface area contributed by atoms with Gasteiger partial charge in [-0.3, -0.25) is 4.90 Å². The first kappa shape index (κ1) is 14.5. The molecule has 19 heavy (non-hydrogen) atoms. The van der Waals surface area contributed by atoms with Crippen LogP contribution < -0.4 is 0 Å². The van der Waals surface area contributed by atoms with Crippen LogP contribution in [0.2, 0.25) is 0 Å². The standard InChI is InChI=1S/C16H25NO2/c1-11-5-12(2)16(13(3)6-11)8-17-7-15(9-18)19-10-14(17)4/h5-6,14-15,18H,7-10H2,1-4H3.